The molecule has 0 radical (unpaired) electrons. The highest BCUT2D eigenvalue weighted by atomic mass is 32.2. The molecule has 5 nitrogen and oxygen atoms in total. The van der Waals surface area contributed by atoms with Crippen LogP contribution in [0.3, 0.4) is 0 Å². The maximum absolute atomic E-state index is 13.3. The van der Waals surface area contributed by atoms with Crippen molar-refractivity contribution in [3.05, 3.63) is 77.9 Å². The van der Waals surface area contributed by atoms with Crippen LogP contribution in [0.2, 0.25) is 0 Å². The fourth-order valence-electron chi connectivity index (χ4n) is 2.20. The molecule has 138 valence electrons. The quantitative estimate of drug-likeness (QED) is 0.726. The number of rotatable bonds is 7. The molecule has 2 aromatic carbocycles. The largest absolute Gasteiger partial charge is 0.346 e. The molecule has 0 bridgehead atoms. The van der Waals surface area contributed by atoms with Crippen LogP contribution >= 0.6 is 0 Å². The van der Waals surface area contributed by atoms with Crippen molar-refractivity contribution < 1.29 is 22.0 Å². The van der Waals surface area contributed by atoms with E-state index in [-0.39, 0.29) is 17.0 Å². The number of nitrogens with one attached hydrogen (secondary N) is 2. The van der Waals surface area contributed by atoms with Crippen molar-refractivity contribution in [3.63, 3.8) is 0 Å². The van der Waals surface area contributed by atoms with Gasteiger partial charge in [0.05, 0.1) is 10.9 Å². The van der Waals surface area contributed by atoms with E-state index in [0.717, 1.165) is 12.1 Å². The first-order valence-electron chi connectivity index (χ1n) is 7.71. The second kappa shape index (κ2) is 8.20. The second-order valence-corrected chi connectivity index (χ2v) is 7.30. The zero-order valence-electron chi connectivity index (χ0n) is 14.0. The van der Waals surface area contributed by atoms with E-state index >= 15 is 0 Å². The summed E-state index contributed by atoms with van der Waals surface area (Å²) in [6.07, 6.45) is 1.40. The first-order valence-corrected chi connectivity index (χ1v) is 9.19. The summed E-state index contributed by atoms with van der Waals surface area (Å²) in [5.41, 5.74) is 0.509. The average molecular weight is 380 g/mol. The minimum absolute atomic E-state index is 0.0614. The maximum Gasteiger partial charge on any atom is 0.251 e. The van der Waals surface area contributed by atoms with Crippen molar-refractivity contribution >= 4 is 15.9 Å². The van der Waals surface area contributed by atoms with E-state index in [1.165, 1.54) is 36.4 Å². The van der Waals surface area contributed by atoms with Gasteiger partial charge in [0.1, 0.15) is 0 Å². The third kappa shape index (κ3) is 4.74. The molecular weight excluding hydrogens is 362 g/mol. The molecule has 0 aromatic heterocycles. The van der Waals surface area contributed by atoms with Crippen LogP contribution in [0.15, 0.2) is 60.0 Å². The Morgan fingerprint density at radius 2 is 1.92 bits per heavy atom. The summed E-state index contributed by atoms with van der Waals surface area (Å²) >= 11 is 0. The van der Waals surface area contributed by atoms with Gasteiger partial charge in [-0.2, -0.15) is 0 Å². The first-order chi connectivity index (χ1) is 12.2. The number of sulfonamides is 1. The van der Waals surface area contributed by atoms with Crippen LogP contribution in [0.1, 0.15) is 28.9 Å². The van der Waals surface area contributed by atoms with Crippen LogP contribution in [0.25, 0.3) is 0 Å². The van der Waals surface area contributed by atoms with Crippen LogP contribution in [0.5, 0.6) is 0 Å². The van der Waals surface area contributed by atoms with Crippen molar-refractivity contribution in [2.45, 2.75) is 17.9 Å². The smallest absolute Gasteiger partial charge is 0.251 e. The molecule has 1 unspecified atom stereocenters. The standard InChI is InChI=1S/C18H18F2N2O3S/c1-3-9-21-26(24,25)15-6-4-5-14(10-15)18(23)22-12(2)13-7-8-16(19)17(20)11-13/h3-8,10-12,21H,1,9H2,2H3,(H,22,23). The minimum atomic E-state index is -3.76. The third-order valence-electron chi connectivity index (χ3n) is 3.62. The summed E-state index contributed by atoms with van der Waals surface area (Å²) in [4.78, 5) is 12.3. The predicted octanol–water partition coefficient (Wildman–Crippen LogP) is 2.92. The number of carbonyl (C=O) groups excluding carboxylic acids is 1. The van der Waals surface area contributed by atoms with Crippen molar-refractivity contribution in [2.24, 2.45) is 0 Å². The molecule has 2 rings (SSSR count). The second-order valence-electron chi connectivity index (χ2n) is 5.54. The SMILES string of the molecule is C=CCNS(=O)(=O)c1cccc(C(=O)NC(C)c2ccc(F)c(F)c2)c1. The molecule has 1 amide bonds. The van der Waals surface area contributed by atoms with Gasteiger partial charge >= 0.3 is 0 Å². The topological polar surface area (TPSA) is 75.3 Å². The van der Waals surface area contributed by atoms with Gasteiger partial charge in [0, 0.05) is 12.1 Å². The van der Waals surface area contributed by atoms with E-state index in [1.54, 1.807) is 6.92 Å². The first kappa shape index (κ1) is 19.7. The summed E-state index contributed by atoms with van der Waals surface area (Å²) < 4.78 is 52.9. The molecule has 0 aliphatic heterocycles. The minimum Gasteiger partial charge on any atom is -0.346 e. The molecule has 0 spiro atoms. The van der Waals surface area contributed by atoms with E-state index in [1.807, 2.05) is 0 Å². The Hall–Kier alpha value is -2.58. The predicted molar refractivity (Wildman–Crippen MR) is 94.1 cm³/mol. The van der Waals surface area contributed by atoms with Gasteiger partial charge in [-0.25, -0.2) is 21.9 Å². The van der Waals surface area contributed by atoms with Gasteiger partial charge in [0.2, 0.25) is 10.0 Å². The Balaban J connectivity index is 2.18. The molecule has 26 heavy (non-hydrogen) atoms. The number of amides is 1. The number of carbonyl (C=O) groups is 1. The summed E-state index contributed by atoms with van der Waals surface area (Å²) in [6.45, 7) is 5.10. The Bertz CT molecular complexity index is 930. The van der Waals surface area contributed by atoms with Crippen LogP contribution in [0, 0.1) is 11.6 Å². The van der Waals surface area contributed by atoms with Gasteiger partial charge in [-0.15, -0.1) is 6.58 Å². The van der Waals surface area contributed by atoms with Crippen molar-refractivity contribution in [2.75, 3.05) is 6.54 Å². The monoisotopic (exact) mass is 380 g/mol. The van der Waals surface area contributed by atoms with Gasteiger partial charge in [0.15, 0.2) is 11.6 Å². The Labute approximate surface area is 150 Å². The molecule has 8 heteroatoms. The molecule has 0 aliphatic rings. The molecule has 0 heterocycles. The summed E-state index contributed by atoms with van der Waals surface area (Å²) in [6, 6.07) is 8.24. The van der Waals surface area contributed by atoms with E-state index in [9.17, 15) is 22.0 Å². The molecule has 2 N–H and O–H groups in total. The zero-order chi connectivity index (χ0) is 19.3. The Kier molecular flexibility index (Phi) is 6.23. The lowest BCUT2D eigenvalue weighted by Gasteiger charge is -2.15. The van der Waals surface area contributed by atoms with Crippen molar-refractivity contribution in [1.29, 1.82) is 0 Å². The van der Waals surface area contributed by atoms with Crippen LogP contribution in [-0.2, 0) is 10.0 Å². The van der Waals surface area contributed by atoms with Crippen LogP contribution < -0.4 is 10.0 Å². The molecule has 0 aliphatic carbocycles. The molecule has 0 fully saturated rings. The normalized spacial score (nSPS) is 12.4. The molecule has 1 atom stereocenters. The van der Waals surface area contributed by atoms with Crippen molar-refractivity contribution in [1.82, 2.24) is 10.0 Å². The lowest BCUT2D eigenvalue weighted by atomic mass is 10.1. The fourth-order valence-corrected chi connectivity index (χ4v) is 3.25. The third-order valence-corrected chi connectivity index (χ3v) is 5.04. The molecule has 2 aromatic rings. The van der Waals surface area contributed by atoms with Crippen molar-refractivity contribution in [3.8, 4) is 0 Å². The highest BCUT2D eigenvalue weighted by Crippen LogP contribution is 2.17. The highest BCUT2D eigenvalue weighted by Gasteiger charge is 2.17. The Morgan fingerprint density at radius 1 is 1.19 bits per heavy atom. The van der Waals surface area contributed by atoms with Gasteiger partial charge in [-0.1, -0.05) is 18.2 Å². The van der Waals surface area contributed by atoms with Gasteiger partial charge in [-0.3, -0.25) is 4.79 Å². The van der Waals surface area contributed by atoms with Crippen LogP contribution in [0.4, 0.5) is 8.78 Å². The summed E-state index contributed by atoms with van der Waals surface area (Å²) in [5.74, 6) is -2.52. The molecule has 0 saturated heterocycles. The van der Waals surface area contributed by atoms with Gasteiger partial charge in [0.25, 0.3) is 5.91 Å². The average Bonchev–Trinajstić information content (AvgIpc) is 2.62. The van der Waals surface area contributed by atoms with E-state index < -0.39 is 33.6 Å². The van der Waals surface area contributed by atoms with E-state index in [0.29, 0.717) is 5.56 Å². The Morgan fingerprint density at radius 3 is 2.58 bits per heavy atom. The number of halogens is 2. The summed E-state index contributed by atoms with van der Waals surface area (Å²) in [5, 5.41) is 2.62. The zero-order valence-corrected chi connectivity index (χ0v) is 14.8. The maximum atomic E-state index is 13.3. The van der Waals surface area contributed by atoms with Gasteiger partial charge in [-0.05, 0) is 42.8 Å². The molecule has 0 saturated carbocycles. The molecular formula is C18H18F2N2O3S. The van der Waals surface area contributed by atoms with Gasteiger partial charge < -0.3 is 5.32 Å². The number of benzene rings is 2. The lowest BCUT2D eigenvalue weighted by molar-refractivity contribution is 0.0939. The number of hydrogen-bond donors (Lipinski definition) is 2. The highest BCUT2D eigenvalue weighted by molar-refractivity contribution is 7.89. The summed E-state index contributed by atoms with van der Waals surface area (Å²) in [7, 11) is -3.76. The van der Waals surface area contributed by atoms with E-state index in [2.05, 4.69) is 16.6 Å². The van der Waals surface area contributed by atoms with Crippen LogP contribution in [-0.4, -0.2) is 20.9 Å². The number of hydrogen-bond acceptors (Lipinski definition) is 3. The lowest BCUT2D eigenvalue weighted by Crippen LogP contribution is -2.28. The fraction of sp³-hybridized carbons (Fsp3) is 0.167. The van der Waals surface area contributed by atoms with E-state index in [4.69, 9.17) is 0 Å².